The lowest BCUT2D eigenvalue weighted by atomic mass is 10.1. The number of nitrogens with zero attached hydrogens (tertiary/aromatic N) is 1. The molecule has 2 rings (SSSR count). The Kier molecular flexibility index (Phi) is 4.66. The van der Waals surface area contributed by atoms with Crippen molar-refractivity contribution in [1.82, 2.24) is 4.90 Å². The average Bonchev–Trinajstić information content (AvgIpc) is 2.81. The van der Waals surface area contributed by atoms with Gasteiger partial charge in [0, 0.05) is 23.7 Å². The number of benzene rings is 1. The zero-order chi connectivity index (χ0) is 13.0. The second-order valence-electron chi connectivity index (χ2n) is 4.79. The fraction of sp³-hybridized carbons (Fsp3) is 0.500. The lowest BCUT2D eigenvalue weighted by Gasteiger charge is -2.14. The Balaban J connectivity index is 1.70. The maximum absolute atomic E-state index is 10.8. The number of aliphatic carboxylic acids is 1. The van der Waals surface area contributed by atoms with Gasteiger partial charge in [0.15, 0.2) is 0 Å². The standard InChI is InChI=1S/C14H19NO2S/c1-11-2-4-13(5-3-11)18-9-8-15-7-6-12(10-15)14(16)17/h2-5,12H,6-10H2,1H3,(H,16,17). The molecule has 0 bridgehead atoms. The second kappa shape index (κ2) is 6.25. The fourth-order valence-corrected chi connectivity index (χ4v) is 3.08. The maximum Gasteiger partial charge on any atom is 0.307 e. The van der Waals surface area contributed by atoms with Crippen LogP contribution in [0.4, 0.5) is 0 Å². The van der Waals surface area contributed by atoms with Crippen LogP contribution >= 0.6 is 11.8 Å². The zero-order valence-corrected chi connectivity index (χ0v) is 11.4. The zero-order valence-electron chi connectivity index (χ0n) is 10.6. The van der Waals surface area contributed by atoms with Crippen molar-refractivity contribution in [1.29, 1.82) is 0 Å². The van der Waals surface area contributed by atoms with Gasteiger partial charge in [-0.05, 0) is 32.0 Å². The Morgan fingerprint density at radius 2 is 2.17 bits per heavy atom. The largest absolute Gasteiger partial charge is 0.481 e. The van der Waals surface area contributed by atoms with E-state index in [1.165, 1.54) is 10.5 Å². The Labute approximate surface area is 112 Å². The summed E-state index contributed by atoms with van der Waals surface area (Å²) in [5.41, 5.74) is 1.28. The van der Waals surface area contributed by atoms with E-state index in [1.807, 2.05) is 11.8 Å². The Morgan fingerprint density at radius 1 is 1.44 bits per heavy atom. The van der Waals surface area contributed by atoms with Gasteiger partial charge in [-0.1, -0.05) is 17.7 Å². The highest BCUT2D eigenvalue weighted by Crippen LogP contribution is 2.20. The molecular weight excluding hydrogens is 246 g/mol. The van der Waals surface area contributed by atoms with Gasteiger partial charge in [0.25, 0.3) is 0 Å². The molecule has 98 valence electrons. The van der Waals surface area contributed by atoms with E-state index in [2.05, 4.69) is 36.1 Å². The first kappa shape index (κ1) is 13.4. The van der Waals surface area contributed by atoms with E-state index >= 15 is 0 Å². The first-order valence-electron chi connectivity index (χ1n) is 6.30. The molecule has 1 aliphatic rings. The maximum atomic E-state index is 10.8. The van der Waals surface area contributed by atoms with Crippen LogP contribution in [-0.4, -0.2) is 41.4 Å². The van der Waals surface area contributed by atoms with Crippen molar-refractivity contribution in [2.75, 3.05) is 25.4 Å². The molecule has 0 amide bonds. The molecule has 1 unspecified atom stereocenters. The number of aryl methyl sites for hydroxylation is 1. The average molecular weight is 265 g/mol. The van der Waals surface area contributed by atoms with Crippen LogP contribution in [-0.2, 0) is 4.79 Å². The summed E-state index contributed by atoms with van der Waals surface area (Å²) in [7, 11) is 0. The van der Waals surface area contributed by atoms with Crippen LogP contribution in [0.25, 0.3) is 0 Å². The van der Waals surface area contributed by atoms with Crippen molar-refractivity contribution in [3.05, 3.63) is 29.8 Å². The molecule has 1 aromatic rings. The van der Waals surface area contributed by atoms with Gasteiger partial charge in [0.1, 0.15) is 0 Å². The van der Waals surface area contributed by atoms with E-state index in [-0.39, 0.29) is 5.92 Å². The lowest BCUT2D eigenvalue weighted by molar-refractivity contribution is -0.141. The molecule has 1 heterocycles. The normalized spacial score (nSPS) is 20.2. The SMILES string of the molecule is Cc1ccc(SCCN2CCC(C(=O)O)C2)cc1. The summed E-state index contributed by atoms with van der Waals surface area (Å²) in [4.78, 5) is 14.4. The Bertz CT molecular complexity index is 405. The van der Waals surface area contributed by atoms with Gasteiger partial charge < -0.3 is 10.0 Å². The van der Waals surface area contributed by atoms with Crippen molar-refractivity contribution in [3.63, 3.8) is 0 Å². The molecule has 1 fully saturated rings. The summed E-state index contributed by atoms with van der Waals surface area (Å²) in [5.74, 6) is 0.216. The van der Waals surface area contributed by atoms with E-state index < -0.39 is 5.97 Å². The van der Waals surface area contributed by atoms with Crippen LogP contribution < -0.4 is 0 Å². The molecule has 0 radical (unpaired) electrons. The van der Waals surface area contributed by atoms with Gasteiger partial charge in [-0.3, -0.25) is 4.79 Å². The molecule has 3 nitrogen and oxygen atoms in total. The van der Waals surface area contributed by atoms with Crippen molar-refractivity contribution < 1.29 is 9.90 Å². The molecule has 4 heteroatoms. The number of carboxylic acids is 1. The summed E-state index contributed by atoms with van der Waals surface area (Å²) >= 11 is 1.84. The minimum absolute atomic E-state index is 0.158. The van der Waals surface area contributed by atoms with Crippen LogP contribution in [0.5, 0.6) is 0 Å². The highest BCUT2D eigenvalue weighted by molar-refractivity contribution is 7.99. The summed E-state index contributed by atoms with van der Waals surface area (Å²) in [5, 5.41) is 8.93. The first-order valence-corrected chi connectivity index (χ1v) is 7.28. The molecule has 0 saturated carbocycles. The van der Waals surface area contributed by atoms with Gasteiger partial charge in [0.05, 0.1) is 5.92 Å². The number of thioether (sulfide) groups is 1. The van der Waals surface area contributed by atoms with E-state index in [4.69, 9.17) is 5.11 Å². The molecule has 1 atom stereocenters. The topological polar surface area (TPSA) is 40.5 Å². The van der Waals surface area contributed by atoms with E-state index in [0.717, 1.165) is 25.3 Å². The first-order chi connectivity index (χ1) is 8.65. The number of carboxylic acid groups (broad SMARTS) is 1. The number of likely N-dealkylation sites (tertiary alicyclic amines) is 1. The monoisotopic (exact) mass is 265 g/mol. The van der Waals surface area contributed by atoms with Crippen molar-refractivity contribution in [2.45, 2.75) is 18.2 Å². The van der Waals surface area contributed by atoms with Crippen LogP contribution in [0.1, 0.15) is 12.0 Å². The van der Waals surface area contributed by atoms with Gasteiger partial charge in [-0.25, -0.2) is 0 Å². The second-order valence-corrected chi connectivity index (χ2v) is 5.95. The molecule has 0 aromatic heterocycles. The summed E-state index contributed by atoms with van der Waals surface area (Å²) in [6, 6.07) is 8.53. The molecule has 18 heavy (non-hydrogen) atoms. The summed E-state index contributed by atoms with van der Waals surface area (Å²) in [6.07, 6.45) is 0.796. The Hall–Kier alpha value is -1.00. The lowest BCUT2D eigenvalue weighted by Crippen LogP contribution is -2.25. The van der Waals surface area contributed by atoms with Crippen molar-refractivity contribution in [2.24, 2.45) is 5.92 Å². The van der Waals surface area contributed by atoms with E-state index in [1.54, 1.807) is 0 Å². The van der Waals surface area contributed by atoms with E-state index in [9.17, 15) is 4.79 Å². The number of rotatable bonds is 5. The van der Waals surface area contributed by atoms with E-state index in [0.29, 0.717) is 6.54 Å². The van der Waals surface area contributed by atoms with Crippen LogP contribution in [0, 0.1) is 12.8 Å². The van der Waals surface area contributed by atoms with Crippen LogP contribution in [0.2, 0.25) is 0 Å². The highest BCUT2D eigenvalue weighted by atomic mass is 32.2. The smallest absolute Gasteiger partial charge is 0.307 e. The molecule has 0 aliphatic carbocycles. The van der Waals surface area contributed by atoms with Crippen LogP contribution in [0.15, 0.2) is 29.2 Å². The quantitative estimate of drug-likeness (QED) is 0.830. The minimum atomic E-state index is -0.649. The third kappa shape index (κ3) is 3.75. The predicted molar refractivity (Wildman–Crippen MR) is 74.1 cm³/mol. The predicted octanol–water partition coefficient (Wildman–Crippen LogP) is 2.49. The van der Waals surface area contributed by atoms with Gasteiger partial charge >= 0.3 is 5.97 Å². The van der Waals surface area contributed by atoms with Crippen LogP contribution in [0.3, 0.4) is 0 Å². The Morgan fingerprint density at radius 3 is 2.78 bits per heavy atom. The van der Waals surface area contributed by atoms with Crippen molar-refractivity contribution >= 4 is 17.7 Å². The number of hydrogen-bond acceptors (Lipinski definition) is 3. The highest BCUT2D eigenvalue weighted by Gasteiger charge is 2.27. The van der Waals surface area contributed by atoms with Gasteiger partial charge in [0.2, 0.25) is 0 Å². The molecule has 1 N–H and O–H groups in total. The molecule has 1 saturated heterocycles. The number of carbonyl (C=O) groups is 1. The molecular formula is C14H19NO2S. The minimum Gasteiger partial charge on any atom is -0.481 e. The fourth-order valence-electron chi connectivity index (χ4n) is 2.16. The van der Waals surface area contributed by atoms with Gasteiger partial charge in [-0.2, -0.15) is 0 Å². The molecule has 0 spiro atoms. The summed E-state index contributed by atoms with van der Waals surface area (Å²) < 4.78 is 0. The third-order valence-corrected chi connectivity index (χ3v) is 4.31. The van der Waals surface area contributed by atoms with Crippen molar-refractivity contribution in [3.8, 4) is 0 Å². The summed E-state index contributed by atoms with van der Waals surface area (Å²) in [6.45, 7) is 4.70. The third-order valence-electron chi connectivity index (χ3n) is 3.32. The molecule has 1 aliphatic heterocycles. The number of hydrogen-bond donors (Lipinski definition) is 1. The molecule has 1 aromatic carbocycles. The van der Waals surface area contributed by atoms with Gasteiger partial charge in [-0.15, -0.1) is 11.8 Å².